The lowest BCUT2D eigenvalue weighted by Gasteiger charge is -2.34. The molecule has 4 heterocycles. The molecule has 2 aliphatic heterocycles. The molecule has 0 aliphatic carbocycles. The van der Waals surface area contributed by atoms with Gasteiger partial charge >= 0.3 is 5.69 Å². The van der Waals surface area contributed by atoms with Crippen LogP contribution in [0.2, 0.25) is 0 Å². The number of aromatic amines is 1. The van der Waals surface area contributed by atoms with Gasteiger partial charge in [0.25, 0.3) is 0 Å². The first-order valence-electron chi connectivity index (χ1n) is 16.4. The second kappa shape index (κ2) is 13.5. The minimum Gasteiger partial charge on any atom is -0.339 e. The molecule has 47 heavy (non-hydrogen) atoms. The highest BCUT2D eigenvalue weighted by molar-refractivity contribution is 7.89. The molecular formula is C36H41N7O3S. The van der Waals surface area contributed by atoms with E-state index >= 15 is 0 Å². The SMILES string of the molecule is CNCc1ccc(-n2cc3cc(-c4ccc(S(=O)(=O)N(CCCN5Cc6ccccc6C5)C5CCNCC5)cc4)[nH]c3nc2=O)cc1. The Morgan fingerprint density at radius 1 is 0.957 bits per heavy atom. The maximum atomic E-state index is 14.1. The molecule has 3 aromatic carbocycles. The lowest BCUT2D eigenvalue weighted by molar-refractivity contribution is 0.230. The minimum absolute atomic E-state index is 0.0241. The van der Waals surface area contributed by atoms with Gasteiger partial charge in [-0.05, 0) is 92.0 Å². The minimum atomic E-state index is -3.71. The van der Waals surface area contributed by atoms with Crippen molar-refractivity contribution in [3.05, 3.63) is 112 Å². The van der Waals surface area contributed by atoms with Crippen molar-refractivity contribution in [3.8, 4) is 16.9 Å². The van der Waals surface area contributed by atoms with Crippen LogP contribution in [0.25, 0.3) is 28.0 Å². The Balaban J connectivity index is 1.08. The predicted molar refractivity (Wildman–Crippen MR) is 185 cm³/mol. The van der Waals surface area contributed by atoms with Crippen molar-refractivity contribution in [2.24, 2.45) is 0 Å². The summed E-state index contributed by atoms with van der Waals surface area (Å²) in [4.78, 5) is 23.1. The number of benzene rings is 3. The summed E-state index contributed by atoms with van der Waals surface area (Å²) in [6.07, 6.45) is 4.17. The average Bonchev–Trinajstić information content (AvgIpc) is 3.71. The van der Waals surface area contributed by atoms with Crippen LogP contribution in [0, 0.1) is 0 Å². The quantitative estimate of drug-likeness (QED) is 0.196. The number of rotatable bonds is 11. The number of H-pyrrole nitrogens is 1. The molecule has 0 atom stereocenters. The first-order valence-corrected chi connectivity index (χ1v) is 17.8. The number of sulfonamides is 1. The summed E-state index contributed by atoms with van der Waals surface area (Å²) in [5.41, 5.74) is 6.29. The zero-order valence-corrected chi connectivity index (χ0v) is 27.5. The maximum absolute atomic E-state index is 14.1. The topological polar surface area (TPSA) is 115 Å². The van der Waals surface area contributed by atoms with Gasteiger partial charge in [0.05, 0.1) is 10.6 Å². The van der Waals surface area contributed by atoms with Gasteiger partial charge in [0.15, 0.2) is 0 Å². The molecule has 10 nitrogen and oxygen atoms in total. The van der Waals surface area contributed by atoms with Crippen LogP contribution < -0.4 is 16.3 Å². The van der Waals surface area contributed by atoms with Crippen LogP contribution in [-0.2, 0) is 29.7 Å². The van der Waals surface area contributed by atoms with E-state index in [0.29, 0.717) is 17.1 Å². The van der Waals surface area contributed by atoms with E-state index in [0.717, 1.165) is 86.4 Å². The van der Waals surface area contributed by atoms with E-state index in [1.807, 2.05) is 49.5 Å². The molecule has 0 bridgehead atoms. The number of piperidine rings is 1. The van der Waals surface area contributed by atoms with E-state index in [1.54, 1.807) is 22.6 Å². The lowest BCUT2D eigenvalue weighted by Crippen LogP contribution is -2.46. The average molecular weight is 652 g/mol. The Bertz CT molecular complexity index is 1990. The molecule has 1 saturated heterocycles. The molecule has 0 radical (unpaired) electrons. The third kappa shape index (κ3) is 6.67. The van der Waals surface area contributed by atoms with E-state index in [1.165, 1.54) is 15.7 Å². The van der Waals surface area contributed by atoms with Gasteiger partial charge in [0.2, 0.25) is 10.0 Å². The predicted octanol–water partition coefficient (Wildman–Crippen LogP) is 4.25. The molecule has 0 amide bonds. The number of hydrogen-bond acceptors (Lipinski definition) is 7. The number of hydrogen-bond donors (Lipinski definition) is 3. The van der Waals surface area contributed by atoms with Crippen LogP contribution in [0.5, 0.6) is 0 Å². The Kier molecular flexibility index (Phi) is 9.07. The third-order valence-electron chi connectivity index (χ3n) is 9.35. The van der Waals surface area contributed by atoms with E-state index < -0.39 is 10.0 Å². The van der Waals surface area contributed by atoms with Crippen LogP contribution in [0.3, 0.4) is 0 Å². The van der Waals surface area contributed by atoms with Gasteiger partial charge in [-0.3, -0.25) is 9.47 Å². The highest BCUT2D eigenvalue weighted by atomic mass is 32.2. The molecule has 2 aromatic heterocycles. The molecule has 11 heteroatoms. The van der Waals surface area contributed by atoms with Crippen molar-refractivity contribution in [1.82, 2.24) is 34.4 Å². The fourth-order valence-electron chi connectivity index (χ4n) is 6.86. The lowest BCUT2D eigenvalue weighted by atomic mass is 10.1. The van der Waals surface area contributed by atoms with Gasteiger partial charge in [0, 0.05) is 56.0 Å². The number of nitrogens with one attached hydrogen (secondary N) is 3. The first-order chi connectivity index (χ1) is 22.9. The normalized spacial score (nSPS) is 15.9. The Morgan fingerprint density at radius 2 is 1.66 bits per heavy atom. The van der Waals surface area contributed by atoms with E-state index in [9.17, 15) is 13.2 Å². The van der Waals surface area contributed by atoms with Gasteiger partial charge < -0.3 is 15.6 Å². The van der Waals surface area contributed by atoms with Crippen LogP contribution in [-0.4, -0.2) is 71.4 Å². The molecule has 2 aliphatic rings. The van der Waals surface area contributed by atoms with E-state index in [2.05, 4.69) is 49.8 Å². The summed E-state index contributed by atoms with van der Waals surface area (Å²) in [6.45, 7) is 5.56. The summed E-state index contributed by atoms with van der Waals surface area (Å²) in [6, 6.07) is 25.3. The second-order valence-corrected chi connectivity index (χ2v) is 14.4. The molecule has 0 spiro atoms. The number of aromatic nitrogens is 3. The smallest absolute Gasteiger partial charge is 0.339 e. The van der Waals surface area contributed by atoms with Crippen LogP contribution in [0.1, 0.15) is 36.0 Å². The van der Waals surface area contributed by atoms with Crippen molar-refractivity contribution in [3.63, 3.8) is 0 Å². The standard InChI is InChI=1S/C36H41N7O3S/c1-37-22-26-7-11-31(12-8-26)42-25-30-21-34(39-35(30)40-36(42)44)27-9-13-33(14-10-27)47(45,46)43(32-15-17-38-18-16-32)20-4-19-41-23-28-5-2-3-6-29(28)24-41/h2-3,5-14,21,25,32,37-38H,4,15-20,22-24H2,1H3,(H,39,40,44). The van der Waals surface area contributed by atoms with Crippen molar-refractivity contribution in [2.45, 2.75) is 49.8 Å². The molecule has 0 unspecified atom stereocenters. The molecule has 3 N–H and O–H groups in total. The highest BCUT2D eigenvalue weighted by Gasteiger charge is 2.32. The van der Waals surface area contributed by atoms with Crippen molar-refractivity contribution in [2.75, 3.05) is 33.2 Å². The van der Waals surface area contributed by atoms with Crippen LogP contribution in [0.15, 0.2) is 94.7 Å². The maximum Gasteiger partial charge on any atom is 0.354 e. The summed E-state index contributed by atoms with van der Waals surface area (Å²) in [7, 11) is -1.81. The second-order valence-electron chi connectivity index (χ2n) is 12.5. The first kappa shape index (κ1) is 31.5. The summed E-state index contributed by atoms with van der Waals surface area (Å²) < 4.78 is 31.5. The van der Waals surface area contributed by atoms with Crippen molar-refractivity contribution in [1.29, 1.82) is 0 Å². The van der Waals surface area contributed by atoms with Crippen LogP contribution >= 0.6 is 0 Å². The molecule has 0 saturated carbocycles. The van der Waals surface area contributed by atoms with Crippen molar-refractivity contribution >= 4 is 21.1 Å². The number of nitrogens with zero attached hydrogens (tertiary/aromatic N) is 4. The van der Waals surface area contributed by atoms with Gasteiger partial charge in [-0.15, -0.1) is 0 Å². The number of fused-ring (bicyclic) bond motifs is 2. The molecule has 7 rings (SSSR count). The Morgan fingerprint density at radius 3 is 2.34 bits per heavy atom. The zero-order chi connectivity index (χ0) is 32.4. The van der Waals surface area contributed by atoms with Crippen molar-refractivity contribution < 1.29 is 8.42 Å². The summed E-state index contributed by atoms with van der Waals surface area (Å²) >= 11 is 0. The molecular weight excluding hydrogens is 611 g/mol. The van der Waals surface area contributed by atoms with Gasteiger partial charge in [0.1, 0.15) is 5.65 Å². The van der Waals surface area contributed by atoms with Gasteiger partial charge in [-0.1, -0.05) is 48.5 Å². The Labute approximate surface area is 275 Å². The molecule has 244 valence electrons. The van der Waals surface area contributed by atoms with Gasteiger partial charge in [-0.25, -0.2) is 13.2 Å². The van der Waals surface area contributed by atoms with Gasteiger partial charge in [-0.2, -0.15) is 9.29 Å². The fourth-order valence-corrected chi connectivity index (χ4v) is 8.58. The largest absolute Gasteiger partial charge is 0.354 e. The molecule has 5 aromatic rings. The Hall–Kier alpha value is -4.13. The summed E-state index contributed by atoms with van der Waals surface area (Å²) in [5, 5.41) is 7.28. The fraction of sp³-hybridized carbons (Fsp3) is 0.333. The monoisotopic (exact) mass is 651 g/mol. The highest BCUT2D eigenvalue weighted by Crippen LogP contribution is 2.28. The molecule has 1 fully saturated rings. The van der Waals surface area contributed by atoms with Crippen LogP contribution in [0.4, 0.5) is 0 Å². The zero-order valence-electron chi connectivity index (χ0n) is 26.7. The van der Waals surface area contributed by atoms with E-state index in [4.69, 9.17) is 0 Å². The third-order valence-corrected chi connectivity index (χ3v) is 11.3. The van der Waals surface area contributed by atoms with E-state index in [-0.39, 0.29) is 11.7 Å². The summed E-state index contributed by atoms with van der Waals surface area (Å²) in [5.74, 6) is 0.